The number of pyridine rings is 1. The van der Waals surface area contributed by atoms with Crippen molar-refractivity contribution < 1.29 is 23.4 Å². The molecule has 0 radical (unpaired) electrons. The van der Waals surface area contributed by atoms with Gasteiger partial charge in [0.1, 0.15) is 22.9 Å². The summed E-state index contributed by atoms with van der Waals surface area (Å²) in [5.41, 5.74) is 2.88. The molecule has 5 rings (SSSR count). The second-order valence-corrected chi connectivity index (χ2v) is 8.27. The van der Waals surface area contributed by atoms with Crippen LogP contribution in [0.3, 0.4) is 0 Å². The summed E-state index contributed by atoms with van der Waals surface area (Å²) in [4.78, 5) is 17.1. The highest BCUT2D eigenvalue weighted by molar-refractivity contribution is 6.09. The first kappa shape index (κ1) is 24.0. The monoisotopic (exact) mass is 500 g/mol. The molecule has 37 heavy (non-hydrogen) atoms. The molecule has 1 aromatic heterocycles. The molecule has 0 aliphatic carbocycles. The fourth-order valence-corrected chi connectivity index (χ4v) is 4.13. The highest BCUT2D eigenvalue weighted by Crippen LogP contribution is 2.36. The molecule has 0 aliphatic rings. The van der Waals surface area contributed by atoms with Crippen molar-refractivity contribution in [2.24, 2.45) is 0 Å². The number of aliphatic hydroxyl groups excluding tert-OH is 1. The van der Waals surface area contributed by atoms with Gasteiger partial charge in [0.2, 0.25) is 0 Å². The van der Waals surface area contributed by atoms with E-state index in [1.807, 2.05) is 42.5 Å². The summed E-state index contributed by atoms with van der Waals surface area (Å²) in [5, 5.41) is 20.9. The number of hydrogen-bond donors (Lipinski definition) is 4. The minimum atomic E-state index is -1.14. The molecule has 0 spiro atoms. The Balaban J connectivity index is 1.41. The molecular weight excluding hydrogens is 478 g/mol. The van der Waals surface area contributed by atoms with Gasteiger partial charge in [0, 0.05) is 33.8 Å². The lowest BCUT2D eigenvalue weighted by Gasteiger charge is -2.19. The number of rotatable bonds is 6. The third-order valence-electron chi connectivity index (χ3n) is 5.76. The zero-order chi connectivity index (χ0) is 25.9. The minimum Gasteiger partial charge on any atom is -0.494 e. The summed E-state index contributed by atoms with van der Waals surface area (Å²) in [6.45, 7) is 0. The van der Waals surface area contributed by atoms with Gasteiger partial charge in [-0.15, -0.1) is 0 Å². The number of hydrogen-bond acceptors (Lipinski definition) is 5. The predicted molar refractivity (Wildman–Crippen MR) is 140 cm³/mol. The number of carbonyl (C=O) groups is 1. The summed E-state index contributed by atoms with van der Waals surface area (Å²) in [6, 6.07) is 21.8. The number of aliphatic hydroxyl groups is 1. The van der Waals surface area contributed by atoms with Gasteiger partial charge in [-0.25, -0.2) is 18.6 Å². The van der Waals surface area contributed by atoms with E-state index >= 15 is 0 Å². The predicted octanol–water partition coefficient (Wildman–Crippen LogP) is 6.42. The third-order valence-corrected chi connectivity index (χ3v) is 5.76. The zero-order valence-corrected chi connectivity index (χ0v) is 19.6. The number of anilines is 3. The lowest BCUT2D eigenvalue weighted by atomic mass is 10.1. The largest absolute Gasteiger partial charge is 0.494 e. The van der Waals surface area contributed by atoms with Crippen molar-refractivity contribution in [3.63, 3.8) is 0 Å². The van der Waals surface area contributed by atoms with E-state index in [1.165, 1.54) is 0 Å². The zero-order valence-electron chi connectivity index (χ0n) is 19.6. The average Bonchev–Trinajstić information content (AvgIpc) is 2.87. The molecule has 1 heterocycles. The van der Waals surface area contributed by atoms with E-state index in [1.54, 1.807) is 31.4 Å². The quantitative estimate of drug-likeness (QED) is 0.159. The number of methoxy groups -OCH3 is 1. The topological polar surface area (TPSA) is 95.5 Å². The van der Waals surface area contributed by atoms with Crippen molar-refractivity contribution in [3.05, 3.63) is 102 Å². The number of para-hydroxylation sites is 2. The van der Waals surface area contributed by atoms with Crippen molar-refractivity contribution in [2.45, 2.75) is 6.23 Å². The maximum absolute atomic E-state index is 13.4. The molecule has 9 heteroatoms. The minimum absolute atomic E-state index is 0.0280. The van der Waals surface area contributed by atoms with Crippen LogP contribution in [0.25, 0.3) is 21.8 Å². The van der Waals surface area contributed by atoms with Crippen molar-refractivity contribution in [3.8, 4) is 5.75 Å². The molecule has 0 aliphatic heterocycles. The Morgan fingerprint density at radius 3 is 2.35 bits per heavy atom. The summed E-state index contributed by atoms with van der Waals surface area (Å²) < 4.78 is 32.3. The van der Waals surface area contributed by atoms with Crippen LogP contribution in [0.4, 0.5) is 30.6 Å². The summed E-state index contributed by atoms with van der Waals surface area (Å²) in [5.74, 6) is -1.00. The molecule has 1 atom stereocenters. The second kappa shape index (κ2) is 10.1. The number of aromatic nitrogens is 1. The van der Waals surface area contributed by atoms with E-state index in [0.717, 1.165) is 28.4 Å². The summed E-state index contributed by atoms with van der Waals surface area (Å²) in [7, 11) is 1.58. The number of amides is 2. The number of ether oxygens (including phenoxy) is 1. The van der Waals surface area contributed by atoms with Gasteiger partial charge in [-0.1, -0.05) is 42.5 Å². The second-order valence-electron chi connectivity index (χ2n) is 8.27. The molecule has 0 saturated heterocycles. The fourth-order valence-electron chi connectivity index (χ4n) is 4.13. The SMILES string of the molecule is COc1cccc2c(NC(O)c3cccc(NC(=O)Nc4cc(F)cc(F)c4)c3)c3ccccc3nc12. The molecule has 1 unspecified atom stereocenters. The Morgan fingerprint density at radius 2 is 1.57 bits per heavy atom. The van der Waals surface area contributed by atoms with E-state index in [2.05, 4.69) is 16.0 Å². The normalized spacial score (nSPS) is 11.8. The van der Waals surface area contributed by atoms with Crippen LogP contribution in [0, 0.1) is 11.6 Å². The first-order valence-electron chi connectivity index (χ1n) is 11.4. The Kier molecular flexibility index (Phi) is 6.53. The highest BCUT2D eigenvalue weighted by Gasteiger charge is 2.16. The van der Waals surface area contributed by atoms with E-state index in [0.29, 0.717) is 34.3 Å². The van der Waals surface area contributed by atoms with E-state index in [9.17, 15) is 18.7 Å². The first-order chi connectivity index (χ1) is 17.9. The number of nitrogens with one attached hydrogen (secondary N) is 3. The Hall–Kier alpha value is -4.76. The van der Waals surface area contributed by atoms with Gasteiger partial charge in [0.05, 0.1) is 18.3 Å². The molecule has 186 valence electrons. The molecule has 0 fully saturated rings. The van der Waals surface area contributed by atoms with Gasteiger partial charge in [-0.3, -0.25) is 0 Å². The van der Waals surface area contributed by atoms with Crippen LogP contribution < -0.4 is 20.7 Å². The van der Waals surface area contributed by atoms with Crippen LogP contribution in [-0.2, 0) is 0 Å². The van der Waals surface area contributed by atoms with Gasteiger partial charge in [-0.05, 0) is 36.4 Å². The van der Waals surface area contributed by atoms with Crippen molar-refractivity contribution >= 4 is 44.9 Å². The lowest BCUT2D eigenvalue weighted by Crippen LogP contribution is -2.20. The van der Waals surface area contributed by atoms with Crippen LogP contribution in [0.5, 0.6) is 5.75 Å². The van der Waals surface area contributed by atoms with Gasteiger partial charge < -0.3 is 25.8 Å². The van der Waals surface area contributed by atoms with E-state index in [-0.39, 0.29) is 5.69 Å². The molecule has 4 N–H and O–H groups in total. The van der Waals surface area contributed by atoms with Crippen LogP contribution in [0.1, 0.15) is 11.8 Å². The third kappa shape index (κ3) is 5.12. The number of benzene rings is 4. The number of fused-ring (bicyclic) bond motifs is 2. The van der Waals surface area contributed by atoms with Crippen molar-refractivity contribution in [1.29, 1.82) is 0 Å². The van der Waals surface area contributed by atoms with E-state index in [4.69, 9.17) is 9.72 Å². The first-order valence-corrected chi connectivity index (χ1v) is 11.4. The van der Waals surface area contributed by atoms with Gasteiger partial charge in [0.25, 0.3) is 0 Å². The van der Waals surface area contributed by atoms with Crippen molar-refractivity contribution in [1.82, 2.24) is 4.98 Å². The van der Waals surface area contributed by atoms with Crippen molar-refractivity contribution in [2.75, 3.05) is 23.1 Å². The molecule has 5 aromatic rings. The average molecular weight is 501 g/mol. The Labute approximate surface area is 210 Å². The van der Waals surface area contributed by atoms with Crippen LogP contribution in [-0.4, -0.2) is 23.2 Å². The Morgan fingerprint density at radius 1 is 0.865 bits per heavy atom. The molecule has 2 amide bonds. The number of nitrogens with zero attached hydrogens (tertiary/aromatic N) is 1. The summed E-state index contributed by atoms with van der Waals surface area (Å²) >= 11 is 0. The number of urea groups is 1. The van der Waals surface area contributed by atoms with Crippen LogP contribution >= 0.6 is 0 Å². The molecule has 0 bridgehead atoms. The van der Waals surface area contributed by atoms with Gasteiger partial charge >= 0.3 is 6.03 Å². The van der Waals surface area contributed by atoms with Crippen LogP contribution in [0.15, 0.2) is 84.9 Å². The van der Waals surface area contributed by atoms with E-state index < -0.39 is 23.9 Å². The molecular formula is C28H22F2N4O3. The van der Waals surface area contributed by atoms with Crippen LogP contribution in [0.2, 0.25) is 0 Å². The molecule has 0 saturated carbocycles. The number of halogens is 2. The summed E-state index contributed by atoms with van der Waals surface area (Å²) in [6.07, 6.45) is -1.14. The smallest absolute Gasteiger partial charge is 0.323 e. The standard InChI is InChI=1S/C28H22F2N4O3/c1-37-24-11-5-9-22-25(21-8-2-3-10-23(21)33-26(22)24)34-27(35)16-6-4-7-19(12-16)31-28(36)32-20-14-17(29)13-18(30)15-20/h2-15,27,35H,1H3,(H,33,34)(H2,31,32,36). The Bertz CT molecular complexity index is 1610. The number of carbonyl (C=O) groups excluding carboxylic acids is 1. The fraction of sp³-hybridized carbons (Fsp3) is 0.0714. The van der Waals surface area contributed by atoms with Gasteiger partial charge in [-0.2, -0.15) is 0 Å². The van der Waals surface area contributed by atoms with Gasteiger partial charge in [0.15, 0.2) is 6.23 Å². The lowest BCUT2D eigenvalue weighted by molar-refractivity contribution is 0.208. The molecule has 7 nitrogen and oxygen atoms in total. The highest BCUT2D eigenvalue weighted by atomic mass is 19.1. The molecule has 4 aromatic carbocycles. The maximum Gasteiger partial charge on any atom is 0.323 e. The maximum atomic E-state index is 13.4.